The van der Waals surface area contributed by atoms with Crippen LogP contribution in [0.3, 0.4) is 0 Å². The number of hydrogen-bond acceptors (Lipinski definition) is 4. The van der Waals surface area contributed by atoms with E-state index in [1.807, 2.05) is 41.3 Å². The van der Waals surface area contributed by atoms with Crippen molar-refractivity contribution in [3.05, 3.63) is 70.4 Å². The van der Waals surface area contributed by atoms with Gasteiger partial charge in [0.2, 0.25) is 0 Å². The van der Waals surface area contributed by atoms with E-state index in [-0.39, 0.29) is 35.9 Å². The molecule has 0 radical (unpaired) electrons. The van der Waals surface area contributed by atoms with Crippen molar-refractivity contribution in [3.8, 4) is 11.3 Å². The van der Waals surface area contributed by atoms with Crippen LogP contribution in [0.25, 0.3) is 11.3 Å². The first kappa shape index (κ1) is 23.1. The van der Waals surface area contributed by atoms with Gasteiger partial charge in [-0.15, -0.1) is 0 Å². The van der Waals surface area contributed by atoms with Crippen LogP contribution in [0.1, 0.15) is 54.1 Å². The molecule has 3 aromatic rings. The third-order valence-corrected chi connectivity index (χ3v) is 8.19. The Bertz CT molecular complexity index is 1300. The van der Waals surface area contributed by atoms with E-state index in [4.69, 9.17) is 11.6 Å². The van der Waals surface area contributed by atoms with Crippen molar-refractivity contribution in [1.82, 2.24) is 20.4 Å². The zero-order chi connectivity index (χ0) is 25.0. The number of rotatable bonds is 6. The van der Waals surface area contributed by atoms with Crippen molar-refractivity contribution in [1.29, 1.82) is 0 Å². The van der Waals surface area contributed by atoms with Gasteiger partial charge in [0, 0.05) is 53.8 Å². The number of H-pyrrole nitrogens is 1. The van der Waals surface area contributed by atoms with E-state index in [1.54, 1.807) is 6.20 Å². The summed E-state index contributed by atoms with van der Waals surface area (Å²) in [5.74, 6) is 0.347. The van der Waals surface area contributed by atoms with Gasteiger partial charge < -0.3 is 15.1 Å². The van der Waals surface area contributed by atoms with Crippen LogP contribution in [-0.4, -0.2) is 58.1 Å². The molecule has 3 atom stereocenters. The van der Waals surface area contributed by atoms with E-state index in [0.29, 0.717) is 23.6 Å². The highest BCUT2D eigenvalue weighted by molar-refractivity contribution is 6.30. The van der Waals surface area contributed by atoms with E-state index in [9.17, 15) is 9.59 Å². The molecular weight excluding hydrogens is 474 g/mol. The molecule has 0 bridgehead atoms. The van der Waals surface area contributed by atoms with E-state index in [2.05, 4.69) is 40.3 Å². The average Bonchev–Trinajstić information content (AvgIpc) is 3.64. The Labute approximate surface area is 215 Å². The maximum absolute atomic E-state index is 13.5. The Balaban J connectivity index is 1.44. The molecule has 7 nitrogen and oxygen atoms in total. The minimum atomic E-state index is 0.0351. The second-order valence-electron chi connectivity index (χ2n) is 10.3. The minimum absolute atomic E-state index is 0.0351. The van der Waals surface area contributed by atoms with Gasteiger partial charge in [0.05, 0.1) is 23.5 Å². The third-order valence-electron chi connectivity index (χ3n) is 7.94. The highest BCUT2D eigenvalue weighted by atomic mass is 35.5. The predicted molar refractivity (Wildman–Crippen MR) is 141 cm³/mol. The van der Waals surface area contributed by atoms with Crippen molar-refractivity contribution in [2.45, 2.75) is 57.2 Å². The largest absolute Gasteiger partial charge is 0.363 e. The second kappa shape index (κ2) is 8.96. The molecule has 0 spiro atoms. The number of Topliss-reactive ketones (excluding diaryl/α,β-unsaturated/α-hetero) is 1. The SMILES string of the molecule is CC(C)N1c2c(-c3ccn[nH]3)cc(C(=O)Cc3ccc(Cl)cc3)cc2C2CCC(N3CCNC3=O)C21. The highest BCUT2D eigenvalue weighted by Gasteiger charge is 2.52. The summed E-state index contributed by atoms with van der Waals surface area (Å²) in [5.41, 5.74) is 5.92. The van der Waals surface area contributed by atoms with Crippen LogP contribution in [0.2, 0.25) is 5.02 Å². The zero-order valence-corrected chi connectivity index (χ0v) is 21.3. The van der Waals surface area contributed by atoms with E-state index < -0.39 is 0 Å². The van der Waals surface area contributed by atoms with Gasteiger partial charge in [-0.1, -0.05) is 23.7 Å². The van der Waals surface area contributed by atoms with Gasteiger partial charge in [-0.05, 0) is 68.1 Å². The average molecular weight is 504 g/mol. The fraction of sp³-hybridized carbons (Fsp3) is 0.393. The minimum Gasteiger partial charge on any atom is -0.363 e. The predicted octanol–water partition coefficient (Wildman–Crippen LogP) is 5.02. The molecule has 186 valence electrons. The van der Waals surface area contributed by atoms with Crippen molar-refractivity contribution in [3.63, 3.8) is 0 Å². The second-order valence-corrected chi connectivity index (χ2v) is 10.8. The van der Waals surface area contributed by atoms with Gasteiger partial charge in [0.1, 0.15) is 0 Å². The van der Waals surface area contributed by atoms with Gasteiger partial charge in [-0.25, -0.2) is 4.79 Å². The molecule has 6 rings (SSSR count). The lowest BCUT2D eigenvalue weighted by Crippen LogP contribution is -2.51. The third kappa shape index (κ3) is 3.77. The number of amides is 2. The normalized spacial score (nSPS) is 22.8. The molecule has 3 heterocycles. The van der Waals surface area contributed by atoms with Crippen LogP contribution in [0, 0.1) is 0 Å². The number of benzene rings is 2. The first-order valence-corrected chi connectivity index (χ1v) is 13.1. The summed E-state index contributed by atoms with van der Waals surface area (Å²) in [6.45, 7) is 5.86. The summed E-state index contributed by atoms with van der Waals surface area (Å²) in [6.07, 6.45) is 4.02. The number of aromatic amines is 1. The molecule has 3 aliphatic rings. The van der Waals surface area contributed by atoms with E-state index in [0.717, 1.165) is 41.9 Å². The molecule has 2 aliphatic heterocycles. The molecule has 2 fully saturated rings. The van der Waals surface area contributed by atoms with Crippen LogP contribution < -0.4 is 10.2 Å². The number of halogens is 1. The van der Waals surface area contributed by atoms with Gasteiger partial charge >= 0.3 is 6.03 Å². The van der Waals surface area contributed by atoms with Gasteiger partial charge in [-0.3, -0.25) is 9.89 Å². The first-order chi connectivity index (χ1) is 17.4. The maximum atomic E-state index is 13.5. The number of aromatic nitrogens is 2. The first-order valence-electron chi connectivity index (χ1n) is 12.7. The number of urea groups is 1. The summed E-state index contributed by atoms with van der Waals surface area (Å²) < 4.78 is 0. The number of nitrogens with one attached hydrogen (secondary N) is 2. The maximum Gasteiger partial charge on any atom is 0.317 e. The van der Waals surface area contributed by atoms with Crippen molar-refractivity contribution in [2.75, 3.05) is 18.0 Å². The Morgan fingerprint density at radius 1 is 1.17 bits per heavy atom. The quantitative estimate of drug-likeness (QED) is 0.462. The van der Waals surface area contributed by atoms with Crippen LogP contribution >= 0.6 is 11.6 Å². The molecule has 1 aromatic heterocycles. The monoisotopic (exact) mass is 503 g/mol. The van der Waals surface area contributed by atoms with Crippen molar-refractivity contribution < 1.29 is 9.59 Å². The number of nitrogens with zero attached hydrogens (tertiary/aromatic N) is 3. The number of carbonyl (C=O) groups excluding carboxylic acids is 2. The lowest BCUT2D eigenvalue weighted by Gasteiger charge is -2.38. The Kier molecular flexibility index (Phi) is 5.75. The molecule has 2 aromatic carbocycles. The smallest absolute Gasteiger partial charge is 0.317 e. The number of hydrogen-bond donors (Lipinski definition) is 2. The van der Waals surface area contributed by atoms with Crippen LogP contribution in [0.4, 0.5) is 10.5 Å². The lowest BCUT2D eigenvalue weighted by molar-refractivity contribution is 0.0993. The lowest BCUT2D eigenvalue weighted by atomic mass is 9.90. The molecule has 1 saturated carbocycles. The number of fused-ring (bicyclic) bond motifs is 3. The molecule has 8 heteroatoms. The van der Waals surface area contributed by atoms with Gasteiger partial charge in [0.25, 0.3) is 0 Å². The molecule has 36 heavy (non-hydrogen) atoms. The molecule has 1 saturated heterocycles. The van der Waals surface area contributed by atoms with Crippen LogP contribution in [0.15, 0.2) is 48.7 Å². The fourth-order valence-electron chi connectivity index (χ4n) is 6.46. The topological polar surface area (TPSA) is 81.3 Å². The van der Waals surface area contributed by atoms with Gasteiger partial charge in [0.15, 0.2) is 5.78 Å². The summed E-state index contributed by atoms with van der Waals surface area (Å²) in [7, 11) is 0. The van der Waals surface area contributed by atoms with E-state index in [1.165, 1.54) is 5.56 Å². The van der Waals surface area contributed by atoms with Gasteiger partial charge in [-0.2, -0.15) is 5.10 Å². The summed E-state index contributed by atoms with van der Waals surface area (Å²) in [5, 5.41) is 11.0. The Morgan fingerprint density at radius 2 is 1.97 bits per heavy atom. The molecule has 2 N–H and O–H groups in total. The van der Waals surface area contributed by atoms with Crippen molar-refractivity contribution in [2.24, 2.45) is 0 Å². The highest BCUT2D eigenvalue weighted by Crippen LogP contribution is 2.54. The Morgan fingerprint density at radius 3 is 2.64 bits per heavy atom. The van der Waals surface area contributed by atoms with Crippen LogP contribution in [-0.2, 0) is 6.42 Å². The summed E-state index contributed by atoms with van der Waals surface area (Å²) in [4.78, 5) is 30.6. The molecule has 1 aliphatic carbocycles. The van der Waals surface area contributed by atoms with E-state index >= 15 is 0 Å². The zero-order valence-electron chi connectivity index (χ0n) is 20.5. The molecule has 3 unspecified atom stereocenters. The standard InChI is InChI=1S/C28H30ClN5O2/c1-16(2)34-26-21(20-7-8-24(27(20)34)33-12-11-30-28(33)36)14-18(15-22(26)23-9-10-31-32-23)25(35)13-17-3-5-19(29)6-4-17/h3-6,9-10,14-16,20,24,27H,7-8,11-13H2,1-2H3,(H,30,36)(H,31,32). The molecular formula is C28H30ClN5O2. The Hall–Kier alpha value is -3.32. The molecule has 2 amide bonds. The number of carbonyl (C=O) groups is 2. The number of anilines is 1. The van der Waals surface area contributed by atoms with Crippen molar-refractivity contribution >= 4 is 29.1 Å². The van der Waals surface area contributed by atoms with Crippen LogP contribution in [0.5, 0.6) is 0 Å². The number of ketones is 1. The fourth-order valence-corrected chi connectivity index (χ4v) is 6.59. The summed E-state index contributed by atoms with van der Waals surface area (Å²) >= 11 is 6.04. The summed E-state index contributed by atoms with van der Waals surface area (Å²) in [6, 6.07) is 14.1.